The van der Waals surface area contributed by atoms with Gasteiger partial charge in [-0.05, 0) is 49.6 Å². The summed E-state index contributed by atoms with van der Waals surface area (Å²) < 4.78 is 31.7. The number of carbonyl (C=O) groups excluding carboxylic acids is 1. The molecule has 4 nitrogen and oxygen atoms in total. The fraction of sp³-hybridized carbons (Fsp3) is 0.278. The molecule has 0 spiro atoms. The maximum atomic E-state index is 13.3. The molecule has 7 heteroatoms. The van der Waals surface area contributed by atoms with Crippen molar-refractivity contribution in [2.24, 2.45) is 0 Å². The van der Waals surface area contributed by atoms with Crippen LogP contribution in [0.2, 0.25) is 0 Å². The minimum Gasteiger partial charge on any atom is -0.481 e. The van der Waals surface area contributed by atoms with Crippen LogP contribution in [0.3, 0.4) is 0 Å². The zero-order valence-corrected chi connectivity index (χ0v) is 14.5. The van der Waals surface area contributed by atoms with Crippen molar-refractivity contribution in [1.29, 1.82) is 0 Å². The fourth-order valence-electron chi connectivity index (χ4n) is 2.90. The molecule has 1 aliphatic heterocycles. The third kappa shape index (κ3) is 3.85. The standard InChI is InChI=1S/C18H18F2N2O2.ClH/c1-11(24-12-7-8-14(19)15(20)10-12)18(23)22-9-3-4-13-16(21)5-2-6-17(13)22;/h2,5-8,10-11H,3-4,9,21H2,1H3;1H. The first kappa shape index (κ1) is 19.0. The van der Waals surface area contributed by atoms with Crippen molar-refractivity contribution in [3.63, 3.8) is 0 Å². The molecule has 1 unspecified atom stereocenters. The number of rotatable bonds is 3. The number of carbonyl (C=O) groups is 1. The first-order chi connectivity index (χ1) is 11.5. The second kappa shape index (κ2) is 7.70. The largest absolute Gasteiger partial charge is 0.481 e. The summed E-state index contributed by atoms with van der Waals surface area (Å²) >= 11 is 0. The summed E-state index contributed by atoms with van der Waals surface area (Å²) in [5.41, 5.74) is 8.39. The van der Waals surface area contributed by atoms with Gasteiger partial charge in [0.15, 0.2) is 17.7 Å². The Morgan fingerprint density at radius 1 is 1.24 bits per heavy atom. The lowest BCUT2D eigenvalue weighted by atomic mass is 9.99. The van der Waals surface area contributed by atoms with Gasteiger partial charge in [-0.1, -0.05) is 6.07 Å². The third-order valence-electron chi connectivity index (χ3n) is 4.10. The van der Waals surface area contributed by atoms with Crippen LogP contribution in [0, 0.1) is 11.6 Å². The van der Waals surface area contributed by atoms with Gasteiger partial charge in [-0.25, -0.2) is 8.78 Å². The quantitative estimate of drug-likeness (QED) is 0.840. The van der Waals surface area contributed by atoms with Crippen molar-refractivity contribution in [2.45, 2.75) is 25.9 Å². The molecule has 0 bridgehead atoms. The van der Waals surface area contributed by atoms with Crippen LogP contribution < -0.4 is 15.4 Å². The molecule has 1 amide bonds. The summed E-state index contributed by atoms with van der Waals surface area (Å²) in [4.78, 5) is 14.4. The third-order valence-corrected chi connectivity index (χ3v) is 4.10. The number of nitrogens with two attached hydrogens (primary N) is 1. The molecule has 0 aliphatic carbocycles. The van der Waals surface area contributed by atoms with Crippen molar-refractivity contribution in [3.05, 3.63) is 53.6 Å². The lowest BCUT2D eigenvalue weighted by molar-refractivity contribution is -0.124. The molecule has 134 valence electrons. The average molecular weight is 369 g/mol. The number of halogens is 3. The van der Waals surface area contributed by atoms with E-state index in [0.717, 1.165) is 36.2 Å². The minimum absolute atomic E-state index is 0. The minimum atomic E-state index is -1.01. The highest BCUT2D eigenvalue weighted by Gasteiger charge is 2.28. The zero-order valence-electron chi connectivity index (χ0n) is 13.7. The Morgan fingerprint density at radius 3 is 2.72 bits per heavy atom. The van der Waals surface area contributed by atoms with Crippen LogP contribution >= 0.6 is 12.4 Å². The highest BCUT2D eigenvalue weighted by molar-refractivity contribution is 5.98. The van der Waals surface area contributed by atoms with Gasteiger partial charge in [0, 0.05) is 24.0 Å². The first-order valence-corrected chi connectivity index (χ1v) is 7.78. The van der Waals surface area contributed by atoms with E-state index in [4.69, 9.17) is 10.5 Å². The van der Waals surface area contributed by atoms with E-state index in [9.17, 15) is 13.6 Å². The predicted octanol–water partition coefficient (Wildman–Crippen LogP) is 3.72. The Bertz CT molecular complexity index is 786. The Hall–Kier alpha value is -2.34. The van der Waals surface area contributed by atoms with Crippen molar-refractivity contribution in [1.82, 2.24) is 0 Å². The van der Waals surface area contributed by atoms with E-state index in [1.807, 2.05) is 12.1 Å². The number of amides is 1. The van der Waals surface area contributed by atoms with Crippen LogP contribution in [0.5, 0.6) is 5.75 Å². The molecule has 25 heavy (non-hydrogen) atoms. The van der Waals surface area contributed by atoms with Crippen LogP contribution in [0.25, 0.3) is 0 Å². The van der Waals surface area contributed by atoms with Gasteiger partial charge >= 0.3 is 0 Å². The van der Waals surface area contributed by atoms with E-state index < -0.39 is 17.7 Å². The summed E-state index contributed by atoms with van der Waals surface area (Å²) in [5, 5.41) is 0. The number of anilines is 2. The topological polar surface area (TPSA) is 55.6 Å². The molecule has 2 N–H and O–H groups in total. The zero-order chi connectivity index (χ0) is 17.3. The number of ether oxygens (including phenoxy) is 1. The van der Waals surface area contributed by atoms with Gasteiger partial charge in [-0.3, -0.25) is 4.79 Å². The molecule has 2 aromatic rings. The number of nitrogens with zero attached hydrogens (tertiary/aromatic N) is 1. The number of nitrogen functional groups attached to an aromatic ring is 1. The maximum absolute atomic E-state index is 13.3. The number of fused-ring (bicyclic) bond motifs is 1. The van der Waals surface area contributed by atoms with E-state index in [1.165, 1.54) is 6.07 Å². The fourth-order valence-corrected chi connectivity index (χ4v) is 2.90. The Balaban J connectivity index is 0.00000225. The van der Waals surface area contributed by atoms with Crippen molar-refractivity contribution >= 4 is 29.7 Å². The molecule has 1 heterocycles. The van der Waals surface area contributed by atoms with E-state index in [-0.39, 0.29) is 24.1 Å². The molecule has 0 aromatic heterocycles. The molecule has 1 atom stereocenters. The lowest BCUT2D eigenvalue weighted by Crippen LogP contribution is -2.43. The number of hydrogen-bond donors (Lipinski definition) is 1. The van der Waals surface area contributed by atoms with Crippen LogP contribution in [-0.4, -0.2) is 18.6 Å². The van der Waals surface area contributed by atoms with Gasteiger partial charge < -0.3 is 15.4 Å². The van der Waals surface area contributed by atoms with Crippen LogP contribution in [0.4, 0.5) is 20.2 Å². The molecule has 0 saturated heterocycles. The highest BCUT2D eigenvalue weighted by atomic mass is 35.5. The van der Waals surface area contributed by atoms with Gasteiger partial charge in [0.2, 0.25) is 0 Å². The summed E-state index contributed by atoms with van der Waals surface area (Å²) in [5.74, 6) is -2.10. The molecular weight excluding hydrogens is 350 g/mol. The van der Waals surface area contributed by atoms with Crippen molar-refractivity contribution < 1.29 is 18.3 Å². The van der Waals surface area contributed by atoms with Gasteiger partial charge in [0.05, 0.1) is 0 Å². The number of hydrogen-bond acceptors (Lipinski definition) is 3. The smallest absolute Gasteiger partial charge is 0.267 e. The average Bonchev–Trinajstić information content (AvgIpc) is 2.57. The molecule has 0 radical (unpaired) electrons. The highest BCUT2D eigenvalue weighted by Crippen LogP contribution is 2.32. The van der Waals surface area contributed by atoms with Gasteiger partial charge in [-0.15, -0.1) is 12.4 Å². The summed E-state index contributed by atoms with van der Waals surface area (Å²) in [6, 6.07) is 8.67. The predicted molar refractivity (Wildman–Crippen MR) is 95.2 cm³/mol. The maximum Gasteiger partial charge on any atom is 0.267 e. The summed E-state index contributed by atoms with van der Waals surface area (Å²) in [7, 11) is 0. The Morgan fingerprint density at radius 2 is 2.00 bits per heavy atom. The SMILES string of the molecule is CC(Oc1ccc(F)c(F)c1)C(=O)N1CCCc2c(N)cccc21.Cl. The molecule has 1 aliphatic rings. The van der Waals surface area contributed by atoms with Crippen molar-refractivity contribution in [3.8, 4) is 5.75 Å². The van der Waals surface area contributed by atoms with Gasteiger partial charge in [0.1, 0.15) is 5.75 Å². The first-order valence-electron chi connectivity index (χ1n) is 7.78. The normalized spacial score (nSPS) is 14.3. The van der Waals surface area contributed by atoms with Gasteiger partial charge in [0.25, 0.3) is 5.91 Å². The van der Waals surface area contributed by atoms with Gasteiger partial charge in [-0.2, -0.15) is 0 Å². The molecule has 0 saturated carbocycles. The van der Waals surface area contributed by atoms with E-state index >= 15 is 0 Å². The van der Waals surface area contributed by atoms with Crippen LogP contribution in [0.1, 0.15) is 18.9 Å². The Kier molecular flexibility index (Phi) is 5.85. The molecular formula is C18H19ClF2N2O2. The summed E-state index contributed by atoms with van der Waals surface area (Å²) in [6.45, 7) is 2.16. The molecule has 0 fully saturated rings. The molecule has 2 aromatic carbocycles. The van der Waals surface area contributed by atoms with Crippen molar-refractivity contribution in [2.75, 3.05) is 17.2 Å². The lowest BCUT2D eigenvalue weighted by Gasteiger charge is -2.32. The van der Waals surface area contributed by atoms with Crippen LogP contribution in [-0.2, 0) is 11.2 Å². The van der Waals surface area contributed by atoms with Crippen LogP contribution in [0.15, 0.2) is 36.4 Å². The van der Waals surface area contributed by atoms with E-state index in [1.54, 1.807) is 17.9 Å². The van der Waals surface area contributed by atoms with E-state index in [0.29, 0.717) is 12.2 Å². The second-order valence-corrected chi connectivity index (χ2v) is 5.77. The second-order valence-electron chi connectivity index (χ2n) is 5.77. The van der Waals surface area contributed by atoms with E-state index in [2.05, 4.69) is 0 Å². The summed E-state index contributed by atoms with van der Waals surface area (Å²) in [6.07, 6.45) is 0.803. The Labute approximate surface area is 151 Å². The molecule has 3 rings (SSSR count). The monoisotopic (exact) mass is 368 g/mol. The number of benzene rings is 2.